The SMILES string of the molecule is CCc1ccc(-n2nnc(C)c2C)cc1. The molecule has 0 radical (unpaired) electrons. The minimum absolute atomic E-state index is 0.981. The lowest BCUT2D eigenvalue weighted by molar-refractivity contribution is 0.784. The van der Waals surface area contributed by atoms with Crippen molar-refractivity contribution in [1.29, 1.82) is 0 Å². The molecule has 2 aromatic rings. The third-order valence-electron chi connectivity index (χ3n) is 2.71. The van der Waals surface area contributed by atoms with E-state index in [1.807, 2.05) is 18.5 Å². The van der Waals surface area contributed by atoms with Gasteiger partial charge in [-0.15, -0.1) is 5.10 Å². The fraction of sp³-hybridized carbons (Fsp3) is 0.333. The predicted molar refractivity (Wildman–Crippen MR) is 60.2 cm³/mol. The molecule has 0 saturated heterocycles. The first kappa shape index (κ1) is 9.90. The van der Waals surface area contributed by atoms with Gasteiger partial charge in [0.15, 0.2) is 0 Å². The van der Waals surface area contributed by atoms with Gasteiger partial charge in [0, 0.05) is 0 Å². The maximum atomic E-state index is 4.11. The summed E-state index contributed by atoms with van der Waals surface area (Å²) in [5, 5.41) is 8.16. The molecule has 1 aromatic carbocycles. The summed E-state index contributed by atoms with van der Waals surface area (Å²) >= 11 is 0. The maximum Gasteiger partial charge on any atom is 0.0830 e. The first-order valence-corrected chi connectivity index (χ1v) is 5.20. The van der Waals surface area contributed by atoms with Crippen molar-refractivity contribution < 1.29 is 0 Å². The molecule has 15 heavy (non-hydrogen) atoms. The molecule has 0 saturated carbocycles. The van der Waals surface area contributed by atoms with E-state index in [0.717, 1.165) is 23.5 Å². The summed E-state index contributed by atoms with van der Waals surface area (Å²) in [4.78, 5) is 0. The zero-order chi connectivity index (χ0) is 10.8. The quantitative estimate of drug-likeness (QED) is 0.747. The zero-order valence-electron chi connectivity index (χ0n) is 9.36. The van der Waals surface area contributed by atoms with E-state index in [1.165, 1.54) is 5.56 Å². The van der Waals surface area contributed by atoms with Crippen molar-refractivity contribution in [1.82, 2.24) is 15.0 Å². The number of hydrogen-bond donors (Lipinski definition) is 0. The highest BCUT2D eigenvalue weighted by atomic mass is 15.4. The van der Waals surface area contributed by atoms with Crippen LogP contribution in [0.5, 0.6) is 0 Å². The van der Waals surface area contributed by atoms with Gasteiger partial charge in [0.25, 0.3) is 0 Å². The highest BCUT2D eigenvalue weighted by molar-refractivity contribution is 5.35. The van der Waals surface area contributed by atoms with Crippen LogP contribution in [0, 0.1) is 13.8 Å². The van der Waals surface area contributed by atoms with E-state index < -0.39 is 0 Å². The Hall–Kier alpha value is -1.64. The minimum atomic E-state index is 0.981. The lowest BCUT2D eigenvalue weighted by Gasteiger charge is -2.04. The Morgan fingerprint density at radius 2 is 1.80 bits per heavy atom. The van der Waals surface area contributed by atoms with E-state index in [-0.39, 0.29) is 0 Å². The van der Waals surface area contributed by atoms with E-state index in [0.29, 0.717) is 0 Å². The summed E-state index contributed by atoms with van der Waals surface area (Å²) in [5.74, 6) is 0. The second-order valence-electron chi connectivity index (χ2n) is 3.69. The number of benzene rings is 1. The Morgan fingerprint density at radius 3 is 2.27 bits per heavy atom. The largest absolute Gasteiger partial charge is 0.218 e. The molecule has 78 valence electrons. The van der Waals surface area contributed by atoms with Crippen LogP contribution in [0.15, 0.2) is 24.3 Å². The zero-order valence-corrected chi connectivity index (χ0v) is 9.36. The molecule has 0 atom stereocenters. The van der Waals surface area contributed by atoms with Crippen LogP contribution in [0.4, 0.5) is 0 Å². The van der Waals surface area contributed by atoms with Crippen molar-refractivity contribution >= 4 is 0 Å². The van der Waals surface area contributed by atoms with Gasteiger partial charge in [0.1, 0.15) is 0 Å². The van der Waals surface area contributed by atoms with Crippen LogP contribution < -0.4 is 0 Å². The van der Waals surface area contributed by atoms with Gasteiger partial charge in [0.2, 0.25) is 0 Å². The molecular formula is C12H15N3. The van der Waals surface area contributed by atoms with Crippen molar-refractivity contribution in [2.45, 2.75) is 27.2 Å². The Morgan fingerprint density at radius 1 is 1.13 bits per heavy atom. The number of aryl methyl sites for hydroxylation is 2. The molecule has 3 nitrogen and oxygen atoms in total. The molecule has 0 aliphatic carbocycles. The average molecular weight is 201 g/mol. The third-order valence-corrected chi connectivity index (χ3v) is 2.71. The smallest absolute Gasteiger partial charge is 0.0830 e. The first-order valence-electron chi connectivity index (χ1n) is 5.20. The number of hydrogen-bond acceptors (Lipinski definition) is 2. The number of rotatable bonds is 2. The molecule has 0 bridgehead atoms. The molecule has 0 spiro atoms. The third kappa shape index (κ3) is 1.77. The summed E-state index contributed by atoms with van der Waals surface area (Å²) in [6.45, 7) is 6.15. The van der Waals surface area contributed by atoms with Gasteiger partial charge in [-0.1, -0.05) is 24.3 Å². The molecule has 0 fully saturated rings. The van der Waals surface area contributed by atoms with E-state index in [1.54, 1.807) is 0 Å². The monoisotopic (exact) mass is 201 g/mol. The van der Waals surface area contributed by atoms with Crippen molar-refractivity contribution in [3.8, 4) is 5.69 Å². The van der Waals surface area contributed by atoms with Crippen molar-refractivity contribution in [3.63, 3.8) is 0 Å². The second kappa shape index (κ2) is 3.85. The van der Waals surface area contributed by atoms with Crippen molar-refractivity contribution in [2.75, 3.05) is 0 Å². The second-order valence-corrected chi connectivity index (χ2v) is 3.69. The molecule has 0 amide bonds. The van der Waals surface area contributed by atoms with E-state index in [2.05, 4.69) is 41.5 Å². The predicted octanol–water partition coefficient (Wildman–Crippen LogP) is 2.45. The molecule has 3 heteroatoms. The Bertz CT molecular complexity index is 454. The molecule has 0 aliphatic rings. The van der Waals surface area contributed by atoms with Crippen LogP contribution >= 0.6 is 0 Å². The van der Waals surface area contributed by atoms with Gasteiger partial charge in [-0.3, -0.25) is 0 Å². The van der Waals surface area contributed by atoms with Gasteiger partial charge in [-0.05, 0) is 38.0 Å². The highest BCUT2D eigenvalue weighted by Crippen LogP contribution is 2.12. The van der Waals surface area contributed by atoms with Crippen molar-refractivity contribution in [3.05, 3.63) is 41.2 Å². The lowest BCUT2D eigenvalue weighted by Crippen LogP contribution is -1.99. The van der Waals surface area contributed by atoms with Gasteiger partial charge in [-0.2, -0.15) is 0 Å². The molecule has 2 rings (SSSR count). The molecule has 1 aromatic heterocycles. The molecule has 1 heterocycles. The summed E-state index contributed by atoms with van der Waals surface area (Å²) in [5.41, 5.74) is 4.49. The van der Waals surface area contributed by atoms with Crippen LogP contribution in [-0.2, 0) is 6.42 Å². The summed E-state index contributed by atoms with van der Waals surface area (Å²) < 4.78 is 1.87. The summed E-state index contributed by atoms with van der Waals surface area (Å²) in [6, 6.07) is 8.43. The van der Waals surface area contributed by atoms with Gasteiger partial charge < -0.3 is 0 Å². The van der Waals surface area contributed by atoms with Crippen LogP contribution in [0.2, 0.25) is 0 Å². The molecule has 0 N–H and O–H groups in total. The van der Waals surface area contributed by atoms with Gasteiger partial charge in [0.05, 0.1) is 17.1 Å². The summed E-state index contributed by atoms with van der Waals surface area (Å²) in [6.07, 6.45) is 1.07. The molecule has 0 aliphatic heterocycles. The highest BCUT2D eigenvalue weighted by Gasteiger charge is 2.05. The van der Waals surface area contributed by atoms with E-state index in [9.17, 15) is 0 Å². The first-order chi connectivity index (χ1) is 7.22. The van der Waals surface area contributed by atoms with Gasteiger partial charge >= 0.3 is 0 Å². The molecule has 0 unspecified atom stereocenters. The fourth-order valence-electron chi connectivity index (χ4n) is 1.52. The number of aromatic nitrogens is 3. The van der Waals surface area contributed by atoms with Crippen molar-refractivity contribution in [2.24, 2.45) is 0 Å². The van der Waals surface area contributed by atoms with Crippen LogP contribution in [0.3, 0.4) is 0 Å². The van der Waals surface area contributed by atoms with Gasteiger partial charge in [-0.25, -0.2) is 4.68 Å². The van der Waals surface area contributed by atoms with Crippen LogP contribution in [-0.4, -0.2) is 15.0 Å². The Balaban J connectivity index is 2.41. The maximum absolute atomic E-state index is 4.11. The number of nitrogens with zero attached hydrogens (tertiary/aromatic N) is 3. The summed E-state index contributed by atoms with van der Waals surface area (Å²) in [7, 11) is 0. The van der Waals surface area contributed by atoms with E-state index >= 15 is 0 Å². The topological polar surface area (TPSA) is 30.7 Å². The average Bonchev–Trinajstić information content (AvgIpc) is 2.60. The van der Waals surface area contributed by atoms with Crippen LogP contribution in [0.1, 0.15) is 23.9 Å². The lowest BCUT2D eigenvalue weighted by atomic mass is 10.1. The standard InChI is InChI=1S/C12H15N3/c1-4-11-5-7-12(8-6-11)15-10(3)9(2)13-14-15/h5-8H,4H2,1-3H3. The minimum Gasteiger partial charge on any atom is -0.218 e. The Kier molecular flexibility index (Phi) is 2.54. The normalized spacial score (nSPS) is 10.6. The molecular weight excluding hydrogens is 186 g/mol. The Labute approximate surface area is 89.7 Å². The van der Waals surface area contributed by atoms with E-state index in [4.69, 9.17) is 0 Å². The fourth-order valence-corrected chi connectivity index (χ4v) is 1.52. The van der Waals surface area contributed by atoms with Crippen LogP contribution in [0.25, 0.3) is 5.69 Å².